The monoisotopic (exact) mass is 216 g/mol. The summed E-state index contributed by atoms with van der Waals surface area (Å²) in [6, 6.07) is 15.3. The molecule has 3 heteroatoms. The van der Waals surface area contributed by atoms with Gasteiger partial charge in [0.15, 0.2) is 0 Å². The molecule has 0 saturated heterocycles. The first kappa shape index (κ1) is 10.5. The molecule has 82 valence electrons. The van der Waals surface area contributed by atoms with Crippen LogP contribution in [0.3, 0.4) is 0 Å². The van der Waals surface area contributed by atoms with Crippen LogP contribution in [0.15, 0.2) is 48.5 Å². The lowest BCUT2D eigenvalue weighted by Crippen LogP contribution is -1.92. The molecule has 2 aromatic rings. The largest absolute Gasteiger partial charge is 0.355 e. The summed E-state index contributed by atoms with van der Waals surface area (Å²) in [5.41, 5.74) is 4.89. The van der Waals surface area contributed by atoms with Crippen LogP contribution in [0, 0.1) is 6.92 Å². The third-order valence-corrected chi connectivity index (χ3v) is 2.40. The van der Waals surface area contributed by atoms with Crippen LogP contribution in [0.25, 0.3) is 0 Å². The summed E-state index contributed by atoms with van der Waals surface area (Å²) in [4.78, 5) is 0. The Labute approximate surface area is 94.1 Å². The van der Waals surface area contributed by atoms with E-state index in [2.05, 4.69) is 5.32 Å². The third kappa shape index (κ3) is 2.31. The SMILES string of the molecule is Cc1ccc(Nc2ccccc2)cc1NF. The highest BCUT2D eigenvalue weighted by Gasteiger charge is 1.99. The Hall–Kier alpha value is -2.03. The van der Waals surface area contributed by atoms with Crippen molar-refractivity contribution in [3.05, 3.63) is 54.1 Å². The van der Waals surface area contributed by atoms with Crippen molar-refractivity contribution in [3.8, 4) is 0 Å². The van der Waals surface area contributed by atoms with Crippen LogP contribution in [0.5, 0.6) is 0 Å². The van der Waals surface area contributed by atoms with Crippen molar-refractivity contribution < 1.29 is 4.48 Å². The Morgan fingerprint density at radius 3 is 2.38 bits per heavy atom. The van der Waals surface area contributed by atoms with Gasteiger partial charge in [0.05, 0.1) is 5.69 Å². The van der Waals surface area contributed by atoms with E-state index in [1.165, 1.54) is 0 Å². The standard InChI is InChI=1S/C13H13FN2/c1-10-7-8-12(9-13(10)16-14)15-11-5-3-2-4-6-11/h2-9,15-16H,1H3. The fourth-order valence-corrected chi connectivity index (χ4v) is 1.49. The molecule has 0 fully saturated rings. The maximum absolute atomic E-state index is 12.4. The Morgan fingerprint density at radius 2 is 1.69 bits per heavy atom. The van der Waals surface area contributed by atoms with Crippen molar-refractivity contribution in [1.29, 1.82) is 0 Å². The van der Waals surface area contributed by atoms with Gasteiger partial charge in [0.1, 0.15) is 0 Å². The third-order valence-electron chi connectivity index (χ3n) is 2.40. The lowest BCUT2D eigenvalue weighted by molar-refractivity contribution is 0.616. The maximum Gasteiger partial charge on any atom is 0.0705 e. The van der Waals surface area contributed by atoms with Crippen LogP contribution in [-0.4, -0.2) is 0 Å². The molecule has 0 bridgehead atoms. The fourth-order valence-electron chi connectivity index (χ4n) is 1.49. The number of aryl methyl sites for hydroxylation is 1. The molecule has 0 saturated carbocycles. The highest BCUT2D eigenvalue weighted by atomic mass is 19.2. The maximum atomic E-state index is 12.4. The molecule has 0 heterocycles. The molecule has 0 unspecified atom stereocenters. The normalized spacial score (nSPS) is 9.88. The Kier molecular flexibility index (Phi) is 3.05. The lowest BCUT2D eigenvalue weighted by atomic mass is 10.2. The Bertz CT molecular complexity index is 469. The van der Waals surface area contributed by atoms with Crippen molar-refractivity contribution in [2.24, 2.45) is 0 Å². The number of para-hydroxylation sites is 1. The second-order valence-corrected chi connectivity index (χ2v) is 3.62. The highest BCUT2D eigenvalue weighted by Crippen LogP contribution is 2.23. The highest BCUT2D eigenvalue weighted by molar-refractivity contribution is 5.66. The second kappa shape index (κ2) is 4.66. The summed E-state index contributed by atoms with van der Waals surface area (Å²) in [6.45, 7) is 1.86. The van der Waals surface area contributed by atoms with Gasteiger partial charge >= 0.3 is 0 Å². The molecule has 0 spiro atoms. The van der Waals surface area contributed by atoms with E-state index in [4.69, 9.17) is 0 Å². The van der Waals surface area contributed by atoms with E-state index in [-0.39, 0.29) is 0 Å². The topological polar surface area (TPSA) is 24.1 Å². The van der Waals surface area contributed by atoms with E-state index >= 15 is 0 Å². The van der Waals surface area contributed by atoms with E-state index in [9.17, 15) is 4.48 Å². The number of hydrogen-bond donors (Lipinski definition) is 2. The molecule has 0 atom stereocenters. The predicted molar refractivity (Wildman–Crippen MR) is 65.6 cm³/mol. The molecule has 16 heavy (non-hydrogen) atoms. The van der Waals surface area contributed by atoms with Gasteiger partial charge in [-0.1, -0.05) is 24.3 Å². The number of rotatable bonds is 3. The molecule has 0 amide bonds. The Balaban J connectivity index is 2.22. The second-order valence-electron chi connectivity index (χ2n) is 3.62. The number of hydrogen-bond acceptors (Lipinski definition) is 2. The van der Waals surface area contributed by atoms with E-state index in [1.807, 2.05) is 49.4 Å². The minimum Gasteiger partial charge on any atom is -0.355 e. The first-order chi connectivity index (χ1) is 7.79. The van der Waals surface area contributed by atoms with E-state index in [0.29, 0.717) is 5.69 Å². The van der Waals surface area contributed by atoms with Gasteiger partial charge in [0, 0.05) is 11.4 Å². The molecular formula is C13H13FN2. The van der Waals surface area contributed by atoms with Crippen LogP contribution < -0.4 is 10.9 Å². The molecular weight excluding hydrogens is 203 g/mol. The first-order valence-electron chi connectivity index (χ1n) is 5.09. The van der Waals surface area contributed by atoms with Gasteiger partial charge in [-0.3, -0.25) is 0 Å². The van der Waals surface area contributed by atoms with Crippen LogP contribution in [0.2, 0.25) is 0 Å². The van der Waals surface area contributed by atoms with Crippen molar-refractivity contribution in [2.45, 2.75) is 6.92 Å². The van der Waals surface area contributed by atoms with Gasteiger partial charge in [-0.25, -0.2) is 5.54 Å². The Morgan fingerprint density at radius 1 is 0.938 bits per heavy atom. The molecule has 2 aromatic carbocycles. The van der Waals surface area contributed by atoms with Gasteiger partial charge in [-0.2, -0.15) is 0 Å². The van der Waals surface area contributed by atoms with Crippen LogP contribution in [0.4, 0.5) is 21.5 Å². The molecule has 0 aromatic heterocycles. The number of anilines is 3. The lowest BCUT2D eigenvalue weighted by Gasteiger charge is -2.09. The van der Waals surface area contributed by atoms with Crippen molar-refractivity contribution in [2.75, 3.05) is 10.9 Å². The van der Waals surface area contributed by atoms with Gasteiger partial charge in [-0.05, 0) is 36.8 Å². The summed E-state index contributed by atoms with van der Waals surface area (Å²) >= 11 is 0. The van der Waals surface area contributed by atoms with E-state index in [1.54, 1.807) is 11.6 Å². The molecule has 0 aliphatic carbocycles. The zero-order valence-corrected chi connectivity index (χ0v) is 9.00. The van der Waals surface area contributed by atoms with E-state index in [0.717, 1.165) is 16.9 Å². The molecule has 2 N–H and O–H groups in total. The van der Waals surface area contributed by atoms with Gasteiger partial charge < -0.3 is 5.32 Å². The molecule has 2 nitrogen and oxygen atoms in total. The number of benzene rings is 2. The van der Waals surface area contributed by atoms with Crippen LogP contribution >= 0.6 is 0 Å². The summed E-state index contributed by atoms with van der Waals surface area (Å²) in [7, 11) is 0. The zero-order chi connectivity index (χ0) is 11.4. The number of halogens is 1. The van der Waals surface area contributed by atoms with Crippen LogP contribution in [0.1, 0.15) is 5.56 Å². The smallest absolute Gasteiger partial charge is 0.0705 e. The molecule has 0 radical (unpaired) electrons. The fraction of sp³-hybridized carbons (Fsp3) is 0.0769. The van der Waals surface area contributed by atoms with Crippen molar-refractivity contribution >= 4 is 17.1 Å². The van der Waals surface area contributed by atoms with Gasteiger partial charge in [-0.15, -0.1) is 4.48 Å². The zero-order valence-electron chi connectivity index (χ0n) is 9.00. The molecule has 2 rings (SSSR count). The summed E-state index contributed by atoms with van der Waals surface area (Å²) in [6.07, 6.45) is 0. The summed E-state index contributed by atoms with van der Waals surface area (Å²) in [5.74, 6) is 0. The molecule has 0 aliphatic heterocycles. The average molecular weight is 216 g/mol. The summed E-state index contributed by atoms with van der Waals surface area (Å²) in [5, 5.41) is 3.20. The quantitative estimate of drug-likeness (QED) is 0.757. The molecule has 0 aliphatic rings. The number of nitrogens with one attached hydrogen (secondary N) is 2. The minimum atomic E-state index is 0.487. The average Bonchev–Trinajstić information content (AvgIpc) is 2.33. The van der Waals surface area contributed by atoms with Crippen molar-refractivity contribution in [1.82, 2.24) is 0 Å². The first-order valence-corrected chi connectivity index (χ1v) is 5.09. The van der Waals surface area contributed by atoms with Gasteiger partial charge in [0.25, 0.3) is 0 Å². The van der Waals surface area contributed by atoms with E-state index < -0.39 is 0 Å². The van der Waals surface area contributed by atoms with Crippen molar-refractivity contribution in [3.63, 3.8) is 0 Å². The summed E-state index contributed by atoms with van der Waals surface area (Å²) < 4.78 is 12.4. The van der Waals surface area contributed by atoms with Gasteiger partial charge in [0.2, 0.25) is 0 Å². The predicted octanol–water partition coefficient (Wildman–Crippen LogP) is 4.04. The minimum absolute atomic E-state index is 0.487. The van der Waals surface area contributed by atoms with Crippen LogP contribution in [-0.2, 0) is 0 Å².